The molecule has 0 spiro atoms. The van der Waals surface area contributed by atoms with Crippen LogP contribution >= 0.6 is 11.3 Å². The molecule has 1 amide bonds. The van der Waals surface area contributed by atoms with Gasteiger partial charge in [-0.15, -0.1) is 11.3 Å². The maximum atomic E-state index is 13.1. The summed E-state index contributed by atoms with van der Waals surface area (Å²) in [5.74, 6) is 2.31. The summed E-state index contributed by atoms with van der Waals surface area (Å²) in [7, 11) is -3.53. The predicted molar refractivity (Wildman–Crippen MR) is 107 cm³/mol. The SMILES string of the molecule is CC[C@@H](NS(=O)(=O)c1ccc(CNC(C)=O)s1)C12CC3CC(CC(C3)C1)C2. The van der Waals surface area contributed by atoms with Crippen LogP contribution in [0.15, 0.2) is 16.3 Å². The summed E-state index contributed by atoms with van der Waals surface area (Å²) in [6.45, 7) is 3.95. The number of carbonyl (C=O) groups is 1. The Bertz CT molecular complexity index is 780. The third-order valence-electron chi connectivity index (χ3n) is 6.94. The van der Waals surface area contributed by atoms with Gasteiger partial charge >= 0.3 is 0 Å². The second-order valence-electron chi connectivity index (χ2n) is 8.99. The molecule has 7 heteroatoms. The average Bonchev–Trinajstić information content (AvgIpc) is 3.06. The Labute approximate surface area is 166 Å². The summed E-state index contributed by atoms with van der Waals surface area (Å²) >= 11 is 1.25. The Morgan fingerprint density at radius 2 is 1.78 bits per heavy atom. The highest BCUT2D eigenvalue weighted by Gasteiger charge is 2.54. The van der Waals surface area contributed by atoms with Crippen molar-refractivity contribution in [2.75, 3.05) is 0 Å². The van der Waals surface area contributed by atoms with E-state index in [2.05, 4.69) is 17.0 Å². The van der Waals surface area contributed by atoms with Crippen LogP contribution < -0.4 is 10.0 Å². The minimum Gasteiger partial charge on any atom is -0.351 e. The Kier molecular flexibility index (Phi) is 5.14. The fourth-order valence-electron chi connectivity index (χ4n) is 6.30. The van der Waals surface area contributed by atoms with Crippen molar-refractivity contribution in [2.24, 2.45) is 23.2 Å². The van der Waals surface area contributed by atoms with Crippen LogP contribution in [0, 0.1) is 23.2 Å². The van der Waals surface area contributed by atoms with Crippen LogP contribution in [-0.4, -0.2) is 20.4 Å². The van der Waals surface area contributed by atoms with E-state index in [1.807, 2.05) is 0 Å². The van der Waals surface area contributed by atoms with Crippen LogP contribution in [0.25, 0.3) is 0 Å². The van der Waals surface area contributed by atoms with E-state index in [4.69, 9.17) is 0 Å². The van der Waals surface area contributed by atoms with E-state index in [9.17, 15) is 13.2 Å². The number of carbonyl (C=O) groups excluding carboxylic acids is 1. The summed E-state index contributed by atoms with van der Waals surface area (Å²) in [5, 5.41) is 2.72. The van der Waals surface area contributed by atoms with Crippen LogP contribution in [0.4, 0.5) is 0 Å². The number of rotatable bonds is 7. The standard InChI is InChI=1S/C20H30N2O3S2/c1-3-18(20-9-14-6-15(10-20)8-16(7-14)11-20)22-27(24,25)19-5-4-17(26-19)12-21-13(2)23/h4-5,14-16,18,22H,3,6-12H2,1-2H3,(H,21,23)/t14?,15?,16?,18-,20?/m1/s1. The molecule has 4 saturated carbocycles. The lowest BCUT2D eigenvalue weighted by Gasteiger charge is -2.59. The highest BCUT2D eigenvalue weighted by molar-refractivity contribution is 7.91. The monoisotopic (exact) mass is 410 g/mol. The molecule has 0 unspecified atom stereocenters. The quantitative estimate of drug-likeness (QED) is 0.720. The number of amides is 1. The van der Waals surface area contributed by atoms with E-state index in [1.165, 1.54) is 56.8 Å². The fraction of sp³-hybridized carbons (Fsp3) is 0.750. The molecule has 1 heterocycles. The molecule has 150 valence electrons. The molecule has 0 aliphatic heterocycles. The largest absolute Gasteiger partial charge is 0.351 e. The second-order valence-corrected chi connectivity index (χ2v) is 12.1. The van der Waals surface area contributed by atoms with E-state index < -0.39 is 10.0 Å². The van der Waals surface area contributed by atoms with Gasteiger partial charge in [0.2, 0.25) is 15.9 Å². The van der Waals surface area contributed by atoms with Crippen LogP contribution in [0.2, 0.25) is 0 Å². The van der Waals surface area contributed by atoms with Gasteiger partial charge in [0.1, 0.15) is 4.21 Å². The summed E-state index contributed by atoms with van der Waals surface area (Å²) in [6.07, 6.45) is 8.50. The molecule has 4 bridgehead atoms. The lowest BCUT2D eigenvalue weighted by molar-refractivity contribution is -0.119. The zero-order chi connectivity index (χ0) is 19.2. The predicted octanol–water partition coefficient (Wildman–Crippen LogP) is 3.66. The van der Waals surface area contributed by atoms with Crippen molar-refractivity contribution in [3.63, 3.8) is 0 Å². The van der Waals surface area contributed by atoms with Crippen LogP contribution in [0.5, 0.6) is 0 Å². The van der Waals surface area contributed by atoms with E-state index in [0.29, 0.717) is 10.8 Å². The Morgan fingerprint density at radius 1 is 1.19 bits per heavy atom. The summed E-state index contributed by atoms with van der Waals surface area (Å²) < 4.78 is 29.6. The zero-order valence-electron chi connectivity index (χ0n) is 16.2. The van der Waals surface area contributed by atoms with Crippen molar-refractivity contribution in [2.45, 2.75) is 75.6 Å². The summed E-state index contributed by atoms with van der Waals surface area (Å²) in [5.41, 5.74) is 0.160. The third kappa shape index (κ3) is 3.83. The first-order valence-corrected chi connectivity index (χ1v) is 12.4. The Balaban J connectivity index is 1.50. The van der Waals surface area contributed by atoms with Crippen LogP contribution in [0.1, 0.15) is 63.7 Å². The first-order chi connectivity index (χ1) is 12.8. The van der Waals surface area contributed by atoms with Gasteiger partial charge in [-0.1, -0.05) is 6.92 Å². The first-order valence-electron chi connectivity index (χ1n) is 10.1. The van der Waals surface area contributed by atoms with Crippen LogP contribution in [0.3, 0.4) is 0 Å². The van der Waals surface area contributed by atoms with Crippen molar-refractivity contribution in [3.8, 4) is 0 Å². The van der Waals surface area contributed by atoms with Gasteiger partial charge in [0.25, 0.3) is 0 Å². The van der Waals surface area contributed by atoms with Crippen molar-refractivity contribution < 1.29 is 13.2 Å². The van der Waals surface area contributed by atoms with E-state index in [-0.39, 0.29) is 17.4 Å². The third-order valence-corrected chi connectivity index (χ3v) is 9.99. The Morgan fingerprint density at radius 3 is 2.30 bits per heavy atom. The smallest absolute Gasteiger partial charge is 0.250 e. The first kappa shape index (κ1) is 19.4. The molecule has 4 aliphatic rings. The van der Waals surface area contributed by atoms with Crippen molar-refractivity contribution >= 4 is 27.3 Å². The van der Waals surface area contributed by atoms with E-state index in [0.717, 1.165) is 29.1 Å². The highest BCUT2D eigenvalue weighted by atomic mass is 32.2. The molecule has 5 nitrogen and oxygen atoms in total. The summed E-state index contributed by atoms with van der Waals surface area (Å²) in [4.78, 5) is 11.9. The van der Waals surface area contributed by atoms with Crippen molar-refractivity contribution in [1.29, 1.82) is 0 Å². The number of nitrogens with one attached hydrogen (secondary N) is 2. The van der Waals surface area contributed by atoms with E-state index in [1.54, 1.807) is 12.1 Å². The van der Waals surface area contributed by atoms with Crippen molar-refractivity contribution in [3.05, 3.63) is 17.0 Å². The van der Waals surface area contributed by atoms with Gasteiger partial charge in [-0.25, -0.2) is 13.1 Å². The van der Waals surface area contributed by atoms with Gasteiger partial charge < -0.3 is 5.32 Å². The molecule has 0 radical (unpaired) electrons. The normalized spacial score (nSPS) is 33.2. The topological polar surface area (TPSA) is 75.3 Å². The molecule has 0 saturated heterocycles. The molecule has 0 aromatic carbocycles. The Hall–Kier alpha value is -0.920. The minimum atomic E-state index is -3.53. The maximum absolute atomic E-state index is 13.1. The molecule has 4 aliphatic carbocycles. The highest BCUT2D eigenvalue weighted by Crippen LogP contribution is 2.61. The molecule has 5 rings (SSSR count). The van der Waals surface area contributed by atoms with Gasteiger partial charge in [-0.2, -0.15) is 0 Å². The number of thiophene rings is 1. The molecule has 27 heavy (non-hydrogen) atoms. The van der Waals surface area contributed by atoms with Crippen LogP contribution in [-0.2, 0) is 21.4 Å². The number of hydrogen-bond donors (Lipinski definition) is 2. The molecular formula is C20H30N2O3S2. The molecule has 1 atom stereocenters. The van der Waals surface area contributed by atoms with E-state index >= 15 is 0 Å². The maximum Gasteiger partial charge on any atom is 0.250 e. The van der Waals surface area contributed by atoms with Gasteiger partial charge in [0.05, 0.1) is 6.54 Å². The molecule has 1 aromatic rings. The molecule has 1 aromatic heterocycles. The zero-order valence-corrected chi connectivity index (χ0v) is 17.8. The lowest BCUT2D eigenvalue weighted by atomic mass is 9.47. The lowest BCUT2D eigenvalue weighted by Crippen LogP contribution is -2.56. The number of sulfonamides is 1. The fourth-order valence-corrected chi connectivity index (χ4v) is 9.03. The van der Waals surface area contributed by atoms with Gasteiger partial charge in [-0.05, 0) is 80.2 Å². The second kappa shape index (κ2) is 7.16. The van der Waals surface area contributed by atoms with Gasteiger partial charge in [-0.3, -0.25) is 4.79 Å². The average molecular weight is 411 g/mol. The molecular weight excluding hydrogens is 380 g/mol. The minimum absolute atomic E-state index is 0.0248. The van der Waals surface area contributed by atoms with Gasteiger partial charge in [0, 0.05) is 17.8 Å². The number of hydrogen-bond acceptors (Lipinski definition) is 4. The molecule has 2 N–H and O–H groups in total. The molecule has 4 fully saturated rings. The summed E-state index contributed by atoms with van der Waals surface area (Å²) in [6, 6.07) is 3.48. The van der Waals surface area contributed by atoms with Crippen molar-refractivity contribution in [1.82, 2.24) is 10.0 Å². The van der Waals surface area contributed by atoms with Gasteiger partial charge in [0.15, 0.2) is 0 Å².